The van der Waals surface area contributed by atoms with Crippen LogP contribution in [0.25, 0.3) is 11.1 Å². The monoisotopic (exact) mass is 240 g/mol. The van der Waals surface area contributed by atoms with Crippen LogP contribution >= 0.6 is 0 Å². The van der Waals surface area contributed by atoms with E-state index in [1.165, 1.54) is 6.26 Å². The molecular weight excluding hydrogens is 224 g/mol. The molecule has 0 aliphatic rings. The zero-order chi connectivity index (χ0) is 12.4. The molecule has 0 fully saturated rings. The Hall–Kier alpha value is -1.86. The molecule has 2 aromatic heterocycles. The summed E-state index contributed by atoms with van der Waals surface area (Å²) in [6.07, 6.45) is 1.52. The third kappa shape index (κ3) is 1.79. The fourth-order valence-electron chi connectivity index (χ4n) is 1.86. The van der Waals surface area contributed by atoms with Crippen LogP contribution in [0, 0.1) is 0 Å². The Morgan fingerprint density at radius 2 is 1.88 bits per heavy atom. The van der Waals surface area contributed by atoms with Crippen LogP contribution in [-0.2, 0) is 0 Å². The lowest BCUT2D eigenvalue weighted by Crippen LogP contribution is -2.39. The Morgan fingerprint density at radius 1 is 1.24 bits per heavy atom. The van der Waals surface area contributed by atoms with Gasteiger partial charge in [-0.25, -0.2) is 4.68 Å². The molecule has 2 heterocycles. The number of aliphatic hydroxyl groups excluding tert-OH is 2. The summed E-state index contributed by atoms with van der Waals surface area (Å²) in [5.74, 6) is 0.348. The largest absolute Gasteiger partial charge is 0.446 e. The minimum absolute atomic E-state index is 0.0558. The second-order valence-corrected chi connectivity index (χ2v) is 3.65. The Kier molecular flexibility index (Phi) is 3.12. The van der Waals surface area contributed by atoms with Gasteiger partial charge in [-0.2, -0.15) is 0 Å². The maximum atomic E-state index is 9.01. The van der Waals surface area contributed by atoms with Gasteiger partial charge < -0.3 is 31.1 Å². The first kappa shape index (κ1) is 11.6. The molecule has 7 nitrogen and oxygen atoms in total. The van der Waals surface area contributed by atoms with Crippen molar-refractivity contribution in [3.63, 3.8) is 0 Å². The van der Waals surface area contributed by atoms with Gasteiger partial charge in [-0.05, 0) is 6.07 Å². The topological polar surface area (TPSA) is 114 Å². The van der Waals surface area contributed by atoms with Crippen LogP contribution in [-0.4, -0.2) is 41.2 Å². The van der Waals surface area contributed by atoms with Crippen molar-refractivity contribution in [2.24, 2.45) is 0 Å². The Morgan fingerprint density at radius 3 is 2.47 bits per heavy atom. The first-order valence-electron chi connectivity index (χ1n) is 5.30. The fraction of sp³-hybridized carbons (Fsp3) is 0.400. The van der Waals surface area contributed by atoms with Gasteiger partial charge in [-0.3, -0.25) is 0 Å². The number of aromatic nitrogens is 1. The van der Waals surface area contributed by atoms with Crippen LogP contribution in [0.15, 0.2) is 16.7 Å². The highest BCUT2D eigenvalue weighted by molar-refractivity contribution is 5.96. The Balaban J connectivity index is 2.50. The van der Waals surface area contributed by atoms with Crippen LogP contribution in [0.2, 0.25) is 0 Å². The summed E-state index contributed by atoms with van der Waals surface area (Å²) >= 11 is 0. The van der Waals surface area contributed by atoms with Crippen LogP contribution in [0.1, 0.15) is 0 Å². The molecule has 0 unspecified atom stereocenters. The van der Waals surface area contributed by atoms with E-state index in [4.69, 9.17) is 26.1 Å². The molecule has 17 heavy (non-hydrogen) atoms. The summed E-state index contributed by atoms with van der Waals surface area (Å²) in [5.41, 5.74) is 12.7. The average Bonchev–Trinajstić information content (AvgIpc) is 2.85. The number of rotatable bonds is 5. The number of anilines is 2. The van der Waals surface area contributed by atoms with E-state index in [1.807, 2.05) is 0 Å². The molecule has 0 radical (unpaired) electrons. The zero-order valence-electron chi connectivity index (χ0n) is 9.33. The quantitative estimate of drug-likeness (QED) is 0.550. The standard InChI is InChI=1S/C10H16N4O3/c11-8-7-1-6-17-10(7)14(9(8)12)13(2-4-15)3-5-16/h1,6,15-16H,2-5,11-12H2. The van der Waals surface area contributed by atoms with Crippen LogP contribution < -0.4 is 16.5 Å². The van der Waals surface area contributed by atoms with Gasteiger partial charge in [0.2, 0.25) is 5.71 Å². The number of nitrogen functional groups attached to an aromatic ring is 2. The molecule has 0 spiro atoms. The maximum Gasteiger partial charge on any atom is 0.229 e. The Bertz CT molecular complexity index is 499. The van der Waals surface area contributed by atoms with Gasteiger partial charge >= 0.3 is 0 Å². The summed E-state index contributed by atoms with van der Waals surface area (Å²) in [7, 11) is 0. The smallest absolute Gasteiger partial charge is 0.229 e. The van der Waals surface area contributed by atoms with Crippen molar-refractivity contribution in [1.29, 1.82) is 0 Å². The van der Waals surface area contributed by atoms with E-state index in [0.717, 1.165) is 5.39 Å². The number of hydrogen-bond acceptors (Lipinski definition) is 6. The number of fused-ring (bicyclic) bond motifs is 1. The molecule has 0 saturated carbocycles. The molecule has 0 aromatic carbocycles. The first-order valence-corrected chi connectivity index (χ1v) is 5.30. The number of furan rings is 1. The lowest BCUT2D eigenvalue weighted by Gasteiger charge is -2.25. The molecule has 0 saturated heterocycles. The average molecular weight is 240 g/mol. The van der Waals surface area contributed by atoms with E-state index >= 15 is 0 Å². The van der Waals surface area contributed by atoms with Gasteiger partial charge in [0.15, 0.2) is 5.82 Å². The molecule has 6 N–H and O–H groups in total. The summed E-state index contributed by atoms with van der Waals surface area (Å²) in [6, 6.07) is 1.73. The molecule has 7 heteroatoms. The molecule has 94 valence electrons. The van der Waals surface area contributed by atoms with Crippen LogP contribution in [0.4, 0.5) is 11.5 Å². The Labute approximate surface area is 97.8 Å². The number of nitrogens with two attached hydrogens (primary N) is 2. The third-order valence-corrected chi connectivity index (χ3v) is 2.63. The predicted octanol–water partition coefficient (Wildman–Crippen LogP) is -0.679. The summed E-state index contributed by atoms with van der Waals surface area (Å²) in [6.45, 7) is 0.544. The molecule has 0 atom stereocenters. The van der Waals surface area contributed by atoms with Crippen LogP contribution in [0.3, 0.4) is 0 Å². The van der Waals surface area contributed by atoms with Crippen molar-refractivity contribution in [1.82, 2.24) is 4.68 Å². The van der Waals surface area contributed by atoms with Gasteiger partial charge in [0.1, 0.15) is 0 Å². The van der Waals surface area contributed by atoms with E-state index < -0.39 is 0 Å². The van der Waals surface area contributed by atoms with E-state index in [9.17, 15) is 0 Å². The third-order valence-electron chi connectivity index (χ3n) is 2.63. The van der Waals surface area contributed by atoms with Crippen molar-refractivity contribution >= 4 is 22.6 Å². The minimum Gasteiger partial charge on any atom is -0.446 e. The molecule has 2 rings (SSSR count). The summed E-state index contributed by atoms with van der Waals surface area (Å²) in [4.78, 5) is 0. The maximum absolute atomic E-state index is 9.01. The van der Waals surface area contributed by atoms with E-state index in [-0.39, 0.29) is 13.2 Å². The lowest BCUT2D eigenvalue weighted by molar-refractivity contribution is 0.266. The summed E-state index contributed by atoms with van der Waals surface area (Å²) in [5, 5.41) is 20.4. The van der Waals surface area contributed by atoms with Crippen LogP contribution in [0.5, 0.6) is 0 Å². The van der Waals surface area contributed by atoms with Gasteiger partial charge in [-0.1, -0.05) is 0 Å². The van der Waals surface area contributed by atoms with E-state index in [1.54, 1.807) is 15.8 Å². The second kappa shape index (κ2) is 4.56. The highest BCUT2D eigenvalue weighted by atomic mass is 16.3. The predicted molar refractivity (Wildman–Crippen MR) is 65.2 cm³/mol. The second-order valence-electron chi connectivity index (χ2n) is 3.65. The van der Waals surface area contributed by atoms with Gasteiger partial charge in [0.25, 0.3) is 0 Å². The molecular formula is C10H16N4O3. The van der Waals surface area contributed by atoms with Crippen molar-refractivity contribution in [2.45, 2.75) is 0 Å². The highest BCUT2D eigenvalue weighted by Crippen LogP contribution is 2.31. The number of aliphatic hydroxyl groups is 2. The summed E-state index contributed by atoms with van der Waals surface area (Å²) < 4.78 is 6.90. The number of hydrogen-bond donors (Lipinski definition) is 4. The van der Waals surface area contributed by atoms with Crippen molar-refractivity contribution in [2.75, 3.05) is 42.8 Å². The molecule has 2 aromatic rings. The first-order chi connectivity index (χ1) is 8.20. The number of nitrogens with zero attached hydrogens (tertiary/aromatic N) is 2. The van der Waals surface area contributed by atoms with Crippen molar-refractivity contribution in [3.05, 3.63) is 12.3 Å². The van der Waals surface area contributed by atoms with Crippen molar-refractivity contribution in [3.8, 4) is 0 Å². The molecule has 0 aliphatic carbocycles. The molecule has 0 amide bonds. The molecule has 0 bridgehead atoms. The van der Waals surface area contributed by atoms with Gasteiger partial charge in [0.05, 0.1) is 43.6 Å². The van der Waals surface area contributed by atoms with Gasteiger partial charge in [-0.15, -0.1) is 0 Å². The minimum atomic E-state index is -0.0558. The van der Waals surface area contributed by atoms with Gasteiger partial charge in [0, 0.05) is 0 Å². The SMILES string of the molecule is Nc1c(N)n(N(CCO)CCO)c2occc12. The normalized spacial score (nSPS) is 11.2. The van der Waals surface area contributed by atoms with Crippen molar-refractivity contribution < 1.29 is 14.6 Å². The molecule has 0 aliphatic heterocycles. The highest BCUT2D eigenvalue weighted by Gasteiger charge is 2.19. The van der Waals surface area contributed by atoms with E-state index in [2.05, 4.69) is 0 Å². The van der Waals surface area contributed by atoms with E-state index in [0.29, 0.717) is 30.3 Å². The zero-order valence-corrected chi connectivity index (χ0v) is 9.33. The fourth-order valence-corrected chi connectivity index (χ4v) is 1.86. The lowest BCUT2D eigenvalue weighted by atomic mass is 10.3.